The summed E-state index contributed by atoms with van der Waals surface area (Å²) in [5.74, 6) is -1.07. The van der Waals surface area contributed by atoms with Crippen LogP contribution in [0, 0.1) is 6.92 Å². The summed E-state index contributed by atoms with van der Waals surface area (Å²) in [4.78, 5) is 50.7. The molecule has 14 heteroatoms. The maximum Gasteiger partial charge on any atom is 0.249 e. The molecule has 0 bridgehead atoms. The first kappa shape index (κ1) is 28.0. The van der Waals surface area contributed by atoms with Gasteiger partial charge in [-0.2, -0.15) is 10.2 Å². The molecule has 1 aromatic carbocycles. The average molecular weight is 629 g/mol. The van der Waals surface area contributed by atoms with Gasteiger partial charge in [-0.05, 0) is 37.6 Å². The highest BCUT2D eigenvalue weighted by Gasteiger charge is 2.40. The molecule has 7 rings (SSSR count). The van der Waals surface area contributed by atoms with Crippen LogP contribution in [-0.2, 0) is 16.1 Å². The Balaban J connectivity index is 1.11. The summed E-state index contributed by atoms with van der Waals surface area (Å²) in [5.41, 5.74) is 5.16. The summed E-state index contributed by atoms with van der Waals surface area (Å²) in [6.07, 6.45) is 5.33. The number of nitrogens with one attached hydrogen (secondary N) is 1. The van der Waals surface area contributed by atoms with Crippen molar-refractivity contribution in [2.24, 2.45) is 0 Å². The van der Waals surface area contributed by atoms with Crippen molar-refractivity contribution < 1.29 is 18.8 Å². The summed E-state index contributed by atoms with van der Waals surface area (Å²) >= 11 is 2.77. The van der Waals surface area contributed by atoms with E-state index in [1.54, 1.807) is 23.2 Å². The molecule has 2 atom stereocenters. The zero-order valence-corrected chi connectivity index (χ0v) is 25.2. The molecule has 2 amide bonds. The lowest BCUT2D eigenvalue weighted by molar-refractivity contribution is -0.137. The molecule has 0 spiro atoms. The van der Waals surface area contributed by atoms with Crippen LogP contribution in [0.25, 0.3) is 38.4 Å². The van der Waals surface area contributed by atoms with Crippen molar-refractivity contribution in [1.29, 1.82) is 0 Å². The number of hydrogen-bond donors (Lipinski definition) is 1. The number of rotatable bonds is 7. The molecule has 1 fully saturated rings. The number of aryl methyl sites for hydroxylation is 1. The molecule has 0 radical (unpaired) electrons. The van der Waals surface area contributed by atoms with Gasteiger partial charge in [0.15, 0.2) is 15.9 Å². The number of hydrogen-bond acceptors (Lipinski definition) is 9. The summed E-state index contributed by atoms with van der Waals surface area (Å²) in [6, 6.07) is 6.42. The first-order valence-electron chi connectivity index (χ1n) is 13.8. The number of carbonyl (C=O) groups excluding carboxylic acids is 3. The fraction of sp³-hybridized carbons (Fsp3) is 0.233. The van der Waals surface area contributed by atoms with E-state index in [2.05, 4.69) is 25.5 Å². The largest absolute Gasteiger partial charge is 0.337 e. The van der Waals surface area contributed by atoms with Gasteiger partial charge >= 0.3 is 0 Å². The third-order valence-electron chi connectivity index (χ3n) is 7.77. The van der Waals surface area contributed by atoms with Crippen LogP contribution in [-0.4, -0.2) is 70.4 Å². The molecule has 1 aliphatic rings. The molecule has 6 heterocycles. The number of amides is 2. The van der Waals surface area contributed by atoms with Crippen molar-refractivity contribution in [3.05, 3.63) is 71.1 Å². The van der Waals surface area contributed by atoms with Crippen LogP contribution in [0.4, 0.5) is 9.52 Å². The molecule has 44 heavy (non-hydrogen) atoms. The van der Waals surface area contributed by atoms with Crippen LogP contribution >= 0.6 is 22.7 Å². The summed E-state index contributed by atoms with van der Waals surface area (Å²) < 4.78 is 18.3. The Labute approximate surface area is 258 Å². The number of aromatic nitrogens is 6. The number of likely N-dealkylation sites (tertiary alicyclic amines) is 1. The minimum Gasteiger partial charge on any atom is -0.337 e. The lowest BCUT2D eigenvalue weighted by atomic mass is 10.0. The predicted octanol–water partition coefficient (Wildman–Crippen LogP) is 5.02. The monoisotopic (exact) mass is 628 g/mol. The standard InChI is InChI=1S/C30H25FN8O3S2/c1-16-27(38-7-8-43-30(38)34-16)23-15-44-29(35-23)36-28(42)25-10-20(31)12-39(25)26(41)14-37-13-22(17(2)40)21-9-18(3-4-24(21)37)19-5-6-32-33-11-19/h3-9,11,13,15,20,25H,10,12,14H2,1-2H3,(H,35,36,42). The van der Waals surface area contributed by atoms with Gasteiger partial charge in [-0.25, -0.2) is 14.4 Å². The molecule has 0 saturated carbocycles. The van der Waals surface area contributed by atoms with E-state index in [0.29, 0.717) is 27.3 Å². The summed E-state index contributed by atoms with van der Waals surface area (Å²) in [6.45, 7) is 3.02. The number of nitrogens with zero attached hydrogens (tertiary/aromatic N) is 7. The van der Waals surface area contributed by atoms with Gasteiger partial charge < -0.3 is 14.8 Å². The molecule has 1 saturated heterocycles. The van der Waals surface area contributed by atoms with Crippen LogP contribution in [0.15, 0.2) is 59.8 Å². The number of halogens is 1. The summed E-state index contributed by atoms with van der Waals surface area (Å²) in [7, 11) is 0. The third kappa shape index (κ3) is 4.95. The van der Waals surface area contributed by atoms with Gasteiger partial charge in [0, 0.05) is 51.6 Å². The van der Waals surface area contributed by atoms with Crippen LogP contribution in [0.1, 0.15) is 29.4 Å². The molecule has 222 valence electrons. The molecule has 0 aliphatic carbocycles. The van der Waals surface area contributed by atoms with Crippen LogP contribution in [0.2, 0.25) is 0 Å². The van der Waals surface area contributed by atoms with Gasteiger partial charge in [-0.15, -0.1) is 22.7 Å². The average Bonchev–Trinajstić information content (AvgIpc) is 3.83. The maximum absolute atomic E-state index is 14.7. The predicted molar refractivity (Wildman–Crippen MR) is 166 cm³/mol. The molecule has 2 unspecified atom stereocenters. The number of fused-ring (bicyclic) bond motifs is 2. The number of ketones is 1. The fourth-order valence-corrected chi connectivity index (χ4v) is 7.18. The maximum atomic E-state index is 14.7. The zero-order valence-electron chi connectivity index (χ0n) is 23.6. The topological polar surface area (TPSA) is 127 Å². The summed E-state index contributed by atoms with van der Waals surface area (Å²) in [5, 5.41) is 15.3. The first-order valence-corrected chi connectivity index (χ1v) is 15.6. The number of Topliss-reactive ketones (excluding diaryl/α,β-unsaturated/α-hetero) is 1. The highest BCUT2D eigenvalue weighted by atomic mass is 32.1. The number of benzene rings is 1. The van der Waals surface area contributed by atoms with E-state index in [0.717, 1.165) is 27.5 Å². The molecule has 6 aromatic rings. The van der Waals surface area contributed by atoms with Crippen molar-refractivity contribution in [3.8, 4) is 22.5 Å². The van der Waals surface area contributed by atoms with Crippen LogP contribution in [0.3, 0.4) is 0 Å². The quantitative estimate of drug-likeness (QED) is 0.246. The van der Waals surface area contributed by atoms with E-state index >= 15 is 0 Å². The van der Waals surface area contributed by atoms with Gasteiger partial charge in [0.05, 0.1) is 30.3 Å². The van der Waals surface area contributed by atoms with Gasteiger partial charge in [0.1, 0.15) is 24.5 Å². The van der Waals surface area contributed by atoms with Crippen LogP contribution < -0.4 is 5.32 Å². The fourth-order valence-electron chi connectivity index (χ4n) is 5.73. The van der Waals surface area contributed by atoms with E-state index in [9.17, 15) is 18.8 Å². The van der Waals surface area contributed by atoms with Gasteiger partial charge in [0.2, 0.25) is 11.8 Å². The second kappa shape index (κ2) is 11.0. The minimum atomic E-state index is -1.34. The molecular formula is C30H25FN8O3S2. The lowest BCUT2D eigenvalue weighted by Crippen LogP contribution is -2.44. The van der Waals surface area contributed by atoms with Gasteiger partial charge in [-0.3, -0.25) is 18.8 Å². The molecule has 1 aliphatic heterocycles. The Bertz CT molecular complexity index is 2060. The molecule has 11 nitrogen and oxygen atoms in total. The highest BCUT2D eigenvalue weighted by Crippen LogP contribution is 2.32. The van der Waals surface area contributed by atoms with Crippen molar-refractivity contribution >= 4 is 61.3 Å². The smallest absolute Gasteiger partial charge is 0.249 e. The zero-order chi connectivity index (χ0) is 30.5. The van der Waals surface area contributed by atoms with Crippen molar-refractivity contribution in [3.63, 3.8) is 0 Å². The second-order valence-electron chi connectivity index (χ2n) is 10.6. The normalized spacial score (nSPS) is 16.7. The molecule has 1 N–H and O–H groups in total. The number of alkyl halides is 1. The first-order chi connectivity index (χ1) is 21.3. The highest BCUT2D eigenvalue weighted by molar-refractivity contribution is 7.15. The van der Waals surface area contributed by atoms with E-state index in [1.807, 2.05) is 52.5 Å². The SMILES string of the molecule is CC(=O)c1cn(CC(=O)N2CC(F)CC2C(=O)Nc2nc(-c3c(C)nc4sccn34)cs2)c2ccc(-c3ccnnc3)cc12. The van der Waals surface area contributed by atoms with Crippen LogP contribution in [0.5, 0.6) is 0 Å². The van der Waals surface area contributed by atoms with Gasteiger partial charge in [0.25, 0.3) is 0 Å². The van der Waals surface area contributed by atoms with Crippen molar-refractivity contribution in [2.75, 3.05) is 11.9 Å². The number of anilines is 1. The second-order valence-corrected chi connectivity index (χ2v) is 12.3. The Morgan fingerprint density at radius 3 is 2.77 bits per heavy atom. The van der Waals surface area contributed by atoms with E-state index in [4.69, 9.17) is 0 Å². The Kier molecular flexibility index (Phi) is 7.01. The molecular weight excluding hydrogens is 604 g/mol. The van der Waals surface area contributed by atoms with E-state index in [1.165, 1.54) is 34.5 Å². The van der Waals surface area contributed by atoms with Crippen molar-refractivity contribution in [1.82, 2.24) is 34.0 Å². The Morgan fingerprint density at radius 1 is 1.11 bits per heavy atom. The third-order valence-corrected chi connectivity index (χ3v) is 9.28. The Morgan fingerprint density at radius 2 is 1.98 bits per heavy atom. The number of thiazole rings is 2. The van der Waals surface area contributed by atoms with E-state index < -0.39 is 24.0 Å². The van der Waals surface area contributed by atoms with Gasteiger partial charge in [-0.1, -0.05) is 6.07 Å². The Hall–Kier alpha value is -4.82. The number of imidazole rings is 1. The number of carbonyl (C=O) groups is 3. The van der Waals surface area contributed by atoms with Crippen molar-refractivity contribution in [2.45, 2.75) is 39.0 Å². The lowest BCUT2D eigenvalue weighted by Gasteiger charge is -2.23. The molecule has 5 aromatic heterocycles. The van der Waals surface area contributed by atoms with E-state index in [-0.39, 0.29) is 25.3 Å². The minimum absolute atomic E-state index is 0.110.